The molecule has 0 radical (unpaired) electrons. The van der Waals surface area contributed by atoms with Gasteiger partial charge in [-0.1, -0.05) is 6.07 Å². The highest BCUT2D eigenvalue weighted by molar-refractivity contribution is 5.69. The molecule has 1 aliphatic heterocycles. The van der Waals surface area contributed by atoms with Crippen LogP contribution in [-0.4, -0.2) is 57.1 Å². The van der Waals surface area contributed by atoms with Gasteiger partial charge in [-0.25, -0.2) is 4.79 Å². The van der Waals surface area contributed by atoms with E-state index in [1.54, 1.807) is 26.2 Å². The Bertz CT molecular complexity index is 606. The normalized spacial score (nSPS) is 14.7. The molecular formula is C18H28N2O5. The Morgan fingerprint density at radius 3 is 2.28 bits per heavy atom. The minimum atomic E-state index is -0.470. The molecule has 1 saturated heterocycles. The molecule has 0 aliphatic carbocycles. The number of hydrogen-bond acceptors (Lipinski definition) is 6. The zero-order valence-electron chi connectivity index (χ0n) is 15.8. The molecule has 1 fully saturated rings. The molecule has 1 amide bonds. The molecule has 25 heavy (non-hydrogen) atoms. The van der Waals surface area contributed by atoms with E-state index in [2.05, 4.69) is 5.32 Å². The smallest absolute Gasteiger partial charge is 0.410 e. The number of nitrogens with one attached hydrogen (secondary N) is 1. The fourth-order valence-electron chi connectivity index (χ4n) is 2.64. The number of likely N-dealkylation sites (tertiary alicyclic amines) is 1. The second-order valence-electron chi connectivity index (χ2n) is 6.96. The summed E-state index contributed by atoms with van der Waals surface area (Å²) in [6, 6.07) is 4.02. The Morgan fingerprint density at radius 1 is 1.12 bits per heavy atom. The van der Waals surface area contributed by atoms with Gasteiger partial charge in [0.2, 0.25) is 5.75 Å². The van der Waals surface area contributed by atoms with Gasteiger partial charge >= 0.3 is 6.09 Å². The van der Waals surface area contributed by atoms with E-state index in [-0.39, 0.29) is 12.1 Å². The molecular weight excluding hydrogens is 324 g/mol. The van der Waals surface area contributed by atoms with Crippen molar-refractivity contribution in [3.05, 3.63) is 17.7 Å². The maximum absolute atomic E-state index is 11.9. The Hall–Kier alpha value is -2.15. The summed E-state index contributed by atoms with van der Waals surface area (Å²) < 4.78 is 21.5. The average molecular weight is 352 g/mol. The second-order valence-corrected chi connectivity index (χ2v) is 6.96. The van der Waals surface area contributed by atoms with Gasteiger partial charge in [-0.15, -0.1) is 0 Å². The van der Waals surface area contributed by atoms with Crippen molar-refractivity contribution in [2.45, 2.75) is 39.0 Å². The van der Waals surface area contributed by atoms with Crippen LogP contribution in [0.25, 0.3) is 0 Å². The number of rotatable bonds is 6. The fourth-order valence-corrected chi connectivity index (χ4v) is 2.64. The van der Waals surface area contributed by atoms with Crippen molar-refractivity contribution >= 4 is 6.09 Å². The number of amides is 1. The van der Waals surface area contributed by atoms with Crippen LogP contribution in [0.15, 0.2) is 12.1 Å². The van der Waals surface area contributed by atoms with Crippen LogP contribution in [0.4, 0.5) is 4.79 Å². The first-order chi connectivity index (χ1) is 11.8. The molecule has 2 rings (SSSR count). The summed E-state index contributed by atoms with van der Waals surface area (Å²) in [5, 5.41) is 3.42. The van der Waals surface area contributed by atoms with Gasteiger partial charge in [0.05, 0.1) is 21.3 Å². The second kappa shape index (κ2) is 7.82. The molecule has 1 N–H and O–H groups in total. The minimum Gasteiger partial charge on any atom is -0.493 e. The minimum absolute atomic E-state index is 0.227. The van der Waals surface area contributed by atoms with Crippen molar-refractivity contribution in [3.63, 3.8) is 0 Å². The molecule has 0 atom stereocenters. The summed E-state index contributed by atoms with van der Waals surface area (Å²) >= 11 is 0. The first-order valence-electron chi connectivity index (χ1n) is 8.28. The van der Waals surface area contributed by atoms with Gasteiger partial charge in [0.1, 0.15) is 5.60 Å². The molecule has 140 valence electrons. The lowest BCUT2D eigenvalue weighted by Crippen LogP contribution is -2.60. The average Bonchev–Trinajstić information content (AvgIpc) is 2.50. The predicted molar refractivity (Wildman–Crippen MR) is 94.5 cm³/mol. The summed E-state index contributed by atoms with van der Waals surface area (Å²) in [6.07, 6.45) is -0.269. The number of methoxy groups -OCH3 is 3. The van der Waals surface area contributed by atoms with Crippen LogP contribution in [0.2, 0.25) is 0 Å². The lowest BCUT2D eigenvalue weighted by molar-refractivity contribution is 0.00516. The summed E-state index contributed by atoms with van der Waals surface area (Å²) in [4.78, 5) is 13.6. The highest BCUT2D eigenvalue weighted by atomic mass is 16.6. The fraction of sp³-hybridized carbons (Fsp3) is 0.611. The molecule has 0 aromatic heterocycles. The van der Waals surface area contributed by atoms with Crippen molar-refractivity contribution in [2.75, 3.05) is 34.4 Å². The number of benzene rings is 1. The number of nitrogens with zero attached hydrogens (tertiary/aromatic N) is 1. The van der Waals surface area contributed by atoms with Crippen LogP contribution in [0.5, 0.6) is 17.2 Å². The molecule has 1 aromatic carbocycles. The Morgan fingerprint density at radius 2 is 1.76 bits per heavy atom. The summed E-state index contributed by atoms with van der Waals surface area (Å²) in [5.41, 5.74) is 0.499. The van der Waals surface area contributed by atoms with E-state index in [1.807, 2.05) is 32.9 Å². The quantitative estimate of drug-likeness (QED) is 0.848. The van der Waals surface area contributed by atoms with Gasteiger partial charge in [-0.05, 0) is 26.8 Å². The van der Waals surface area contributed by atoms with Gasteiger partial charge in [0.25, 0.3) is 0 Å². The summed E-state index contributed by atoms with van der Waals surface area (Å²) in [6.45, 7) is 7.46. The first-order valence-corrected chi connectivity index (χ1v) is 8.28. The van der Waals surface area contributed by atoms with Crippen LogP contribution >= 0.6 is 0 Å². The van der Waals surface area contributed by atoms with Gasteiger partial charge < -0.3 is 29.2 Å². The first kappa shape index (κ1) is 19.2. The highest BCUT2D eigenvalue weighted by Crippen LogP contribution is 2.39. The standard InChI is InChI=1S/C18H28N2O5/c1-18(2,3)25-17(21)20-10-13(11-20)19-9-12-7-8-14(22-4)16(24-6)15(12)23-5/h7-8,13,19H,9-11H2,1-6H3. The zero-order valence-corrected chi connectivity index (χ0v) is 15.8. The van der Waals surface area contributed by atoms with E-state index in [4.69, 9.17) is 18.9 Å². The topological polar surface area (TPSA) is 69.3 Å². The molecule has 0 spiro atoms. The molecule has 0 unspecified atom stereocenters. The van der Waals surface area contributed by atoms with Gasteiger partial charge in [0.15, 0.2) is 11.5 Å². The van der Waals surface area contributed by atoms with E-state index in [9.17, 15) is 4.79 Å². The largest absolute Gasteiger partial charge is 0.493 e. The van der Waals surface area contributed by atoms with E-state index in [1.165, 1.54) is 0 Å². The number of carbonyl (C=O) groups is 1. The number of carbonyl (C=O) groups excluding carboxylic acids is 1. The number of hydrogen-bond donors (Lipinski definition) is 1. The number of ether oxygens (including phenoxy) is 4. The molecule has 7 heteroatoms. The van der Waals surface area contributed by atoms with Crippen molar-refractivity contribution in [3.8, 4) is 17.2 Å². The van der Waals surface area contributed by atoms with Crippen molar-refractivity contribution in [1.29, 1.82) is 0 Å². The predicted octanol–water partition coefficient (Wildman–Crippen LogP) is 2.42. The Kier molecular flexibility index (Phi) is 6.00. The highest BCUT2D eigenvalue weighted by Gasteiger charge is 2.33. The molecule has 7 nitrogen and oxygen atoms in total. The maximum Gasteiger partial charge on any atom is 0.410 e. The Labute approximate surface area is 149 Å². The van der Waals surface area contributed by atoms with Gasteiger partial charge in [-0.2, -0.15) is 0 Å². The maximum atomic E-state index is 11.9. The zero-order chi connectivity index (χ0) is 18.6. The van der Waals surface area contributed by atoms with Crippen LogP contribution in [0, 0.1) is 0 Å². The van der Waals surface area contributed by atoms with E-state index in [0.29, 0.717) is 36.9 Å². The third-order valence-electron chi connectivity index (χ3n) is 3.90. The Balaban J connectivity index is 1.90. The van der Waals surface area contributed by atoms with Gasteiger partial charge in [0, 0.05) is 31.2 Å². The van der Waals surface area contributed by atoms with Crippen molar-refractivity contribution in [2.24, 2.45) is 0 Å². The van der Waals surface area contributed by atoms with Crippen LogP contribution in [0.1, 0.15) is 26.3 Å². The van der Waals surface area contributed by atoms with E-state index < -0.39 is 5.60 Å². The lowest BCUT2D eigenvalue weighted by atomic mass is 10.1. The molecule has 1 aliphatic rings. The van der Waals surface area contributed by atoms with Crippen molar-refractivity contribution < 1.29 is 23.7 Å². The van der Waals surface area contributed by atoms with Crippen LogP contribution in [-0.2, 0) is 11.3 Å². The van der Waals surface area contributed by atoms with Crippen LogP contribution in [0.3, 0.4) is 0 Å². The summed E-state index contributed by atoms with van der Waals surface area (Å²) in [5.74, 6) is 1.86. The van der Waals surface area contributed by atoms with E-state index in [0.717, 1.165) is 5.56 Å². The molecule has 0 bridgehead atoms. The molecule has 0 saturated carbocycles. The molecule has 1 aromatic rings. The molecule has 1 heterocycles. The lowest BCUT2D eigenvalue weighted by Gasteiger charge is -2.40. The SMILES string of the molecule is COc1ccc(CNC2CN(C(=O)OC(C)(C)C)C2)c(OC)c1OC. The third kappa shape index (κ3) is 4.69. The third-order valence-corrected chi connectivity index (χ3v) is 3.90. The monoisotopic (exact) mass is 352 g/mol. The van der Waals surface area contributed by atoms with Gasteiger partial charge in [-0.3, -0.25) is 0 Å². The summed E-state index contributed by atoms with van der Waals surface area (Å²) in [7, 11) is 4.78. The van der Waals surface area contributed by atoms with Crippen molar-refractivity contribution in [1.82, 2.24) is 10.2 Å². The van der Waals surface area contributed by atoms with Crippen LogP contribution < -0.4 is 19.5 Å². The van der Waals surface area contributed by atoms with E-state index >= 15 is 0 Å².